The van der Waals surface area contributed by atoms with Crippen molar-refractivity contribution in [2.45, 2.75) is 31.7 Å². The van der Waals surface area contributed by atoms with E-state index in [9.17, 15) is 4.79 Å². The van der Waals surface area contributed by atoms with Crippen molar-refractivity contribution in [3.63, 3.8) is 0 Å². The van der Waals surface area contributed by atoms with Crippen molar-refractivity contribution < 1.29 is 9.90 Å². The molecule has 0 aromatic carbocycles. The van der Waals surface area contributed by atoms with Crippen LogP contribution < -0.4 is 11.1 Å². The van der Waals surface area contributed by atoms with Gasteiger partial charge < -0.3 is 21.1 Å². The third kappa shape index (κ3) is 7.62. The van der Waals surface area contributed by atoms with Gasteiger partial charge in [-0.3, -0.25) is 4.79 Å². The molecule has 5 heteroatoms. The SMILES string of the molecule is CN(C)C(=O)CC(CN)NCCCCCO. The van der Waals surface area contributed by atoms with E-state index in [4.69, 9.17) is 10.8 Å². The molecule has 0 aliphatic heterocycles. The van der Waals surface area contributed by atoms with Crippen molar-refractivity contribution in [2.24, 2.45) is 5.73 Å². The van der Waals surface area contributed by atoms with Crippen molar-refractivity contribution in [3.05, 3.63) is 0 Å². The fourth-order valence-corrected chi connectivity index (χ4v) is 1.35. The molecule has 0 aromatic rings. The Balaban J connectivity index is 3.63. The maximum Gasteiger partial charge on any atom is 0.223 e. The van der Waals surface area contributed by atoms with Gasteiger partial charge >= 0.3 is 0 Å². The summed E-state index contributed by atoms with van der Waals surface area (Å²) < 4.78 is 0. The molecule has 1 amide bonds. The highest BCUT2D eigenvalue weighted by Crippen LogP contribution is 1.97. The van der Waals surface area contributed by atoms with E-state index >= 15 is 0 Å². The largest absolute Gasteiger partial charge is 0.396 e. The molecule has 0 aliphatic carbocycles. The minimum absolute atomic E-state index is 0.0593. The number of carbonyl (C=O) groups is 1. The molecule has 0 saturated carbocycles. The second-order valence-electron chi connectivity index (χ2n) is 4.16. The first kappa shape index (κ1) is 15.3. The molecule has 16 heavy (non-hydrogen) atoms. The Morgan fingerprint density at radius 2 is 2.06 bits per heavy atom. The van der Waals surface area contributed by atoms with Crippen LogP contribution in [0.3, 0.4) is 0 Å². The first-order chi connectivity index (χ1) is 7.61. The van der Waals surface area contributed by atoms with Gasteiger partial charge in [0.05, 0.1) is 0 Å². The van der Waals surface area contributed by atoms with Crippen molar-refractivity contribution in [1.82, 2.24) is 10.2 Å². The second-order valence-corrected chi connectivity index (χ2v) is 4.16. The minimum Gasteiger partial charge on any atom is -0.396 e. The number of nitrogens with two attached hydrogens (primary N) is 1. The standard InChI is InChI=1S/C11H25N3O2/c1-14(2)11(16)8-10(9-12)13-6-4-3-5-7-15/h10,13,15H,3-9,12H2,1-2H3. The van der Waals surface area contributed by atoms with Crippen LogP contribution in [0.1, 0.15) is 25.7 Å². The minimum atomic E-state index is 0.0593. The van der Waals surface area contributed by atoms with Gasteiger partial charge in [-0.15, -0.1) is 0 Å². The van der Waals surface area contributed by atoms with Crippen LogP contribution in [-0.2, 0) is 4.79 Å². The number of unbranched alkanes of at least 4 members (excludes halogenated alkanes) is 2. The Bertz CT molecular complexity index is 186. The smallest absolute Gasteiger partial charge is 0.223 e. The Hall–Kier alpha value is -0.650. The van der Waals surface area contributed by atoms with Crippen LogP contribution in [-0.4, -0.2) is 55.7 Å². The van der Waals surface area contributed by atoms with Crippen LogP contribution in [0.15, 0.2) is 0 Å². The number of rotatable bonds is 9. The molecule has 0 spiro atoms. The van der Waals surface area contributed by atoms with Gasteiger partial charge in [-0.05, 0) is 25.8 Å². The molecular formula is C11H25N3O2. The van der Waals surface area contributed by atoms with Gasteiger partial charge in [0.1, 0.15) is 0 Å². The number of hydrogen-bond donors (Lipinski definition) is 3. The van der Waals surface area contributed by atoms with Crippen LogP contribution in [0, 0.1) is 0 Å². The van der Waals surface area contributed by atoms with Crippen LogP contribution >= 0.6 is 0 Å². The van der Waals surface area contributed by atoms with E-state index in [0.29, 0.717) is 13.0 Å². The molecule has 5 nitrogen and oxygen atoms in total. The number of nitrogens with one attached hydrogen (secondary N) is 1. The normalized spacial score (nSPS) is 12.5. The lowest BCUT2D eigenvalue weighted by Crippen LogP contribution is -2.40. The molecule has 0 radical (unpaired) electrons. The van der Waals surface area contributed by atoms with Gasteiger partial charge in [0.15, 0.2) is 0 Å². The number of aliphatic hydroxyl groups is 1. The third-order valence-electron chi connectivity index (χ3n) is 2.47. The number of nitrogens with zero attached hydrogens (tertiary/aromatic N) is 1. The summed E-state index contributed by atoms with van der Waals surface area (Å²) in [4.78, 5) is 13.0. The summed E-state index contributed by atoms with van der Waals surface area (Å²) in [6.45, 7) is 1.57. The van der Waals surface area contributed by atoms with Gasteiger partial charge in [-0.1, -0.05) is 0 Å². The molecule has 0 aromatic heterocycles. The monoisotopic (exact) mass is 231 g/mol. The van der Waals surface area contributed by atoms with Gasteiger partial charge in [0.2, 0.25) is 5.91 Å². The van der Waals surface area contributed by atoms with Gasteiger partial charge in [0, 0.05) is 39.7 Å². The Morgan fingerprint density at radius 3 is 2.56 bits per heavy atom. The second kappa shape index (κ2) is 9.57. The Labute approximate surface area is 98.0 Å². The Morgan fingerprint density at radius 1 is 1.38 bits per heavy atom. The summed E-state index contributed by atoms with van der Waals surface area (Å²) in [5.74, 6) is 0.0957. The molecule has 0 aliphatic rings. The number of aliphatic hydroxyl groups excluding tert-OH is 1. The van der Waals surface area contributed by atoms with E-state index in [1.54, 1.807) is 19.0 Å². The highest BCUT2D eigenvalue weighted by atomic mass is 16.2. The van der Waals surface area contributed by atoms with E-state index in [-0.39, 0.29) is 18.6 Å². The fourth-order valence-electron chi connectivity index (χ4n) is 1.35. The first-order valence-electron chi connectivity index (χ1n) is 5.86. The Kier molecular flexibility index (Phi) is 9.18. The van der Waals surface area contributed by atoms with Crippen LogP contribution in [0.2, 0.25) is 0 Å². The molecule has 1 atom stereocenters. The maximum absolute atomic E-state index is 11.4. The zero-order valence-electron chi connectivity index (χ0n) is 10.4. The molecule has 96 valence electrons. The molecule has 0 rings (SSSR count). The molecule has 1 unspecified atom stereocenters. The topological polar surface area (TPSA) is 78.6 Å². The van der Waals surface area contributed by atoms with Crippen LogP contribution in [0.25, 0.3) is 0 Å². The first-order valence-corrected chi connectivity index (χ1v) is 5.86. The van der Waals surface area contributed by atoms with Crippen molar-refractivity contribution in [2.75, 3.05) is 33.8 Å². The predicted molar refractivity (Wildman–Crippen MR) is 65.1 cm³/mol. The van der Waals surface area contributed by atoms with Crippen molar-refractivity contribution in [3.8, 4) is 0 Å². The summed E-state index contributed by atoms with van der Waals surface area (Å²) in [5.41, 5.74) is 5.59. The van der Waals surface area contributed by atoms with Gasteiger partial charge in [0.25, 0.3) is 0 Å². The summed E-state index contributed by atoms with van der Waals surface area (Å²) in [7, 11) is 3.49. The lowest BCUT2D eigenvalue weighted by atomic mass is 10.1. The zero-order valence-corrected chi connectivity index (χ0v) is 10.4. The lowest BCUT2D eigenvalue weighted by molar-refractivity contribution is -0.129. The van der Waals surface area contributed by atoms with Crippen molar-refractivity contribution >= 4 is 5.91 Å². The van der Waals surface area contributed by atoms with Gasteiger partial charge in [-0.2, -0.15) is 0 Å². The molecular weight excluding hydrogens is 206 g/mol. The average Bonchev–Trinajstić information content (AvgIpc) is 2.26. The highest BCUT2D eigenvalue weighted by molar-refractivity contribution is 5.76. The number of carbonyl (C=O) groups excluding carboxylic acids is 1. The molecule has 0 heterocycles. The average molecular weight is 231 g/mol. The predicted octanol–water partition coefficient (Wildman–Crippen LogP) is -0.456. The summed E-state index contributed by atoms with van der Waals surface area (Å²) in [6.07, 6.45) is 3.30. The quantitative estimate of drug-likeness (QED) is 0.469. The highest BCUT2D eigenvalue weighted by Gasteiger charge is 2.12. The molecule has 0 saturated heterocycles. The van der Waals surface area contributed by atoms with E-state index in [1.807, 2.05) is 0 Å². The third-order valence-corrected chi connectivity index (χ3v) is 2.47. The summed E-state index contributed by atoms with van der Waals surface area (Å²) in [5, 5.41) is 11.9. The van der Waals surface area contributed by atoms with E-state index in [1.165, 1.54) is 0 Å². The van der Waals surface area contributed by atoms with Crippen LogP contribution in [0.4, 0.5) is 0 Å². The summed E-state index contributed by atoms with van der Waals surface area (Å²) >= 11 is 0. The number of amides is 1. The van der Waals surface area contributed by atoms with E-state index < -0.39 is 0 Å². The van der Waals surface area contributed by atoms with E-state index in [0.717, 1.165) is 25.8 Å². The van der Waals surface area contributed by atoms with Crippen LogP contribution in [0.5, 0.6) is 0 Å². The molecule has 0 fully saturated rings. The molecule has 0 bridgehead atoms. The number of hydrogen-bond acceptors (Lipinski definition) is 4. The fraction of sp³-hybridized carbons (Fsp3) is 0.909. The van der Waals surface area contributed by atoms with Gasteiger partial charge in [-0.25, -0.2) is 0 Å². The summed E-state index contributed by atoms with van der Waals surface area (Å²) in [6, 6.07) is 0.0593. The molecule has 4 N–H and O–H groups in total. The lowest BCUT2D eigenvalue weighted by Gasteiger charge is -2.18. The van der Waals surface area contributed by atoms with Crippen molar-refractivity contribution in [1.29, 1.82) is 0 Å². The van der Waals surface area contributed by atoms with E-state index in [2.05, 4.69) is 5.32 Å². The maximum atomic E-state index is 11.4. The zero-order chi connectivity index (χ0) is 12.4.